The summed E-state index contributed by atoms with van der Waals surface area (Å²) in [4.78, 5) is 14.9. The fourth-order valence-corrected chi connectivity index (χ4v) is 5.07. The molecule has 0 unspecified atom stereocenters. The van der Waals surface area contributed by atoms with Crippen molar-refractivity contribution in [3.63, 3.8) is 0 Å². The Balaban J connectivity index is 1.17. The smallest absolute Gasteiger partial charge is 0.319 e. The van der Waals surface area contributed by atoms with Gasteiger partial charge in [0, 0.05) is 23.3 Å². The lowest BCUT2D eigenvalue weighted by molar-refractivity contribution is 0.182. The zero-order valence-corrected chi connectivity index (χ0v) is 18.9. The number of piperidine rings is 1. The molecule has 31 heavy (non-hydrogen) atoms. The minimum atomic E-state index is -0.125. The van der Waals surface area contributed by atoms with E-state index in [4.69, 9.17) is 16.3 Å². The summed E-state index contributed by atoms with van der Waals surface area (Å²) in [6.45, 7) is 3.45. The Hall–Kier alpha value is -2.24. The van der Waals surface area contributed by atoms with Crippen molar-refractivity contribution in [1.82, 2.24) is 10.2 Å². The zero-order chi connectivity index (χ0) is 21.6. The highest BCUT2D eigenvalue weighted by atomic mass is 35.5. The molecule has 2 aliphatic rings. The van der Waals surface area contributed by atoms with E-state index in [0.717, 1.165) is 48.9 Å². The van der Waals surface area contributed by atoms with Gasteiger partial charge in [-0.15, -0.1) is 0 Å². The van der Waals surface area contributed by atoms with Crippen LogP contribution in [0.4, 0.5) is 10.5 Å². The molecule has 0 spiro atoms. The number of rotatable bonds is 6. The number of ether oxygens (including phenoxy) is 1. The molecule has 1 aliphatic carbocycles. The van der Waals surface area contributed by atoms with Gasteiger partial charge in [-0.3, -0.25) is 0 Å². The van der Waals surface area contributed by atoms with Gasteiger partial charge in [-0.1, -0.05) is 23.7 Å². The molecule has 2 amide bonds. The molecule has 1 saturated carbocycles. The third-order valence-corrected chi connectivity index (χ3v) is 6.92. The molecule has 2 N–H and O–H groups in total. The average molecular weight is 442 g/mol. The van der Waals surface area contributed by atoms with E-state index in [1.165, 1.54) is 24.8 Å². The average Bonchev–Trinajstić information content (AvgIpc) is 3.22. The van der Waals surface area contributed by atoms with Crippen LogP contribution in [0.2, 0.25) is 5.02 Å². The molecule has 6 heteroatoms. The Labute approximate surface area is 190 Å². The number of urea groups is 1. The van der Waals surface area contributed by atoms with Crippen molar-refractivity contribution in [3.05, 3.63) is 59.1 Å². The predicted octanol–water partition coefficient (Wildman–Crippen LogP) is 5.52. The molecule has 1 saturated heterocycles. The number of likely N-dealkylation sites (tertiary alicyclic amines) is 1. The molecule has 2 fully saturated rings. The summed E-state index contributed by atoms with van der Waals surface area (Å²) in [5, 5.41) is 6.87. The fraction of sp³-hybridized carbons (Fsp3) is 0.480. The maximum atomic E-state index is 12.3. The monoisotopic (exact) mass is 441 g/mol. The Bertz CT molecular complexity index is 848. The topological polar surface area (TPSA) is 53.6 Å². The van der Waals surface area contributed by atoms with Crippen molar-refractivity contribution in [1.29, 1.82) is 0 Å². The Morgan fingerprint density at radius 2 is 1.74 bits per heavy atom. The largest absolute Gasteiger partial charge is 0.497 e. The van der Waals surface area contributed by atoms with Crippen LogP contribution >= 0.6 is 11.6 Å². The minimum Gasteiger partial charge on any atom is -0.497 e. The van der Waals surface area contributed by atoms with Crippen LogP contribution in [0.1, 0.15) is 43.6 Å². The Kier molecular flexibility index (Phi) is 7.36. The first-order valence-electron chi connectivity index (χ1n) is 11.3. The highest BCUT2D eigenvalue weighted by molar-refractivity contribution is 6.30. The fourth-order valence-electron chi connectivity index (χ4n) is 4.95. The molecule has 0 bridgehead atoms. The Morgan fingerprint density at radius 3 is 2.42 bits per heavy atom. The number of hydrogen-bond acceptors (Lipinski definition) is 3. The first-order valence-corrected chi connectivity index (χ1v) is 11.7. The number of benzene rings is 2. The van der Waals surface area contributed by atoms with Crippen LogP contribution < -0.4 is 15.4 Å². The third kappa shape index (κ3) is 6.14. The van der Waals surface area contributed by atoms with Crippen molar-refractivity contribution in [3.8, 4) is 5.75 Å². The molecule has 2 aromatic carbocycles. The summed E-state index contributed by atoms with van der Waals surface area (Å²) in [5.74, 6) is 2.09. The van der Waals surface area contributed by atoms with Crippen molar-refractivity contribution < 1.29 is 9.53 Å². The lowest BCUT2D eigenvalue weighted by Gasteiger charge is -2.33. The third-order valence-electron chi connectivity index (χ3n) is 6.67. The second-order valence-corrected chi connectivity index (χ2v) is 9.27. The normalized spacial score (nSPS) is 22.3. The van der Waals surface area contributed by atoms with E-state index in [9.17, 15) is 4.79 Å². The maximum Gasteiger partial charge on any atom is 0.319 e. The van der Waals surface area contributed by atoms with Gasteiger partial charge in [0.25, 0.3) is 0 Å². The van der Waals surface area contributed by atoms with Crippen LogP contribution in [-0.2, 0) is 0 Å². The highest BCUT2D eigenvalue weighted by Gasteiger charge is 2.29. The molecule has 0 radical (unpaired) electrons. The zero-order valence-electron chi connectivity index (χ0n) is 18.1. The van der Waals surface area contributed by atoms with E-state index in [1.54, 1.807) is 7.11 Å². The van der Waals surface area contributed by atoms with Gasteiger partial charge < -0.3 is 20.3 Å². The summed E-state index contributed by atoms with van der Waals surface area (Å²) in [6.07, 6.45) is 5.72. The Morgan fingerprint density at radius 1 is 1.03 bits per heavy atom. The molecule has 1 aliphatic heterocycles. The summed E-state index contributed by atoms with van der Waals surface area (Å²) in [5.41, 5.74) is 2.19. The van der Waals surface area contributed by atoms with Gasteiger partial charge in [0.1, 0.15) is 5.75 Å². The lowest BCUT2D eigenvalue weighted by atomic mass is 9.89. The number of halogens is 1. The number of anilines is 1. The van der Waals surface area contributed by atoms with Crippen molar-refractivity contribution in [2.45, 2.75) is 44.1 Å². The molecule has 4 rings (SSSR count). The predicted molar refractivity (Wildman–Crippen MR) is 126 cm³/mol. The van der Waals surface area contributed by atoms with Crippen LogP contribution in [0.15, 0.2) is 48.5 Å². The van der Waals surface area contributed by atoms with Gasteiger partial charge in [0.15, 0.2) is 0 Å². The van der Waals surface area contributed by atoms with Gasteiger partial charge in [-0.05, 0) is 99.0 Å². The standard InChI is InChI=1S/C25H32ClN3O2/c1-31-24-10-8-22(9-11-24)27-25(30)28-23-7-2-18(16-23)17-29-14-12-20(13-15-29)19-3-5-21(26)6-4-19/h3-6,8-11,18,20,23H,2,7,12-17H2,1H3,(H2,27,28,30)/t18-,23+/m0/s1. The van der Waals surface area contributed by atoms with Crippen LogP contribution in [0, 0.1) is 5.92 Å². The minimum absolute atomic E-state index is 0.125. The maximum absolute atomic E-state index is 12.3. The number of amides is 2. The summed E-state index contributed by atoms with van der Waals surface area (Å²) in [7, 11) is 1.63. The molecule has 2 aromatic rings. The highest BCUT2D eigenvalue weighted by Crippen LogP contribution is 2.32. The van der Waals surface area contributed by atoms with Crippen molar-refractivity contribution in [2.75, 3.05) is 32.1 Å². The first-order chi connectivity index (χ1) is 15.1. The van der Waals surface area contributed by atoms with Crippen LogP contribution in [0.5, 0.6) is 5.75 Å². The number of methoxy groups -OCH3 is 1. The molecule has 0 aromatic heterocycles. The van der Waals surface area contributed by atoms with E-state index in [-0.39, 0.29) is 12.1 Å². The van der Waals surface area contributed by atoms with Crippen molar-refractivity contribution >= 4 is 23.3 Å². The molecular formula is C25H32ClN3O2. The molecule has 1 heterocycles. The van der Waals surface area contributed by atoms with E-state index in [2.05, 4.69) is 27.7 Å². The van der Waals surface area contributed by atoms with Crippen molar-refractivity contribution in [2.24, 2.45) is 5.92 Å². The molecular weight excluding hydrogens is 410 g/mol. The summed E-state index contributed by atoms with van der Waals surface area (Å²) < 4.78 is 5.15. The first kappa shape index (κ1) is 22.0. The van der Waals surface area contributed by atoms with Crippen LogP contribution in [0.25, 0.3) is 0 Å². The summed E-state index contributed by atoms with van der Waals surface area (Å²) in [6, 6.07) is 15.9. The lowest BCUT2D eigenvalue weighted by Crippen LogP contribution is -2.38. The number of nitrogens with one attached hydrogen (secondary N) is 2. The quantitative estimate of drug-likeness (QED) is 0.620. The van der Waals surface area contributed by atoms with Crippen LogP contribution in [0.3, 0.4) is 0 Å². The summed E-state index contributed by atoms with van der Waals surface area (Å²) >= 11 is 6.02. The van der Waals surface area contributed by atoms with Gasteiger partial charge in [-0.2, -0.15) is 0 Å². The van der Waals surface area contributed by atoms with E-state index >= 15 is 0 Å². The SMILES string of the molecule is COc1ccc(NC(=O)N[C@@H]2CC[C@H](CN3CCC(c4ccc(Cl)cc4)CC3)C2)cc1. The molecule has 2 atom stereocenters. The van der Waals surface area contributed by atoms with Gasteiger partial charge in [-0.25, -0.2) is 4.79 Å². The second kappa shape index (κ2) is 10.4. The van der Waals surface area contributed by atoms with E-state index in [0.29, 0.717) is 11.8 Å². The van der Waals surface area contributed by atoms with Gasteiger partial charge >= 0.3 is 6.03 Å². The number of carbonyl (C=O) groups excluding carboxylic acids is 1. The number of carbonyl (C=O) groups is 1. The van der Waals surface area contributed by atoms with E-state index in [1.807, 2.05) is 36.4 Å². The second-order valence-electron chi connectivity index (χ2n) is 8.83. The van der Waals surface area contributed by atoms with Crippen LogP contribution in [-0.4, -0.2) is 43.7 Å². The van der Waals surface area contributed by atoms with Gasteiger partial charge in [0.05, 0.1) is 7.11 Å². The number of hydrogen-bond donors (Lipinski definition) is 2. The van der Waals surface area contributed by atoms with Gasteiger partial charge in [0.2, 0.25) is 0 Å². The molecule has 5 nitrogen and oxygen atoms in total. The number of nitrogens with zero attached hydrogens (tertiary/aromatic N) is 1. The molecule has 166 valence electrons. The van der Waals surface area contributed by atoms with E-state index < -0.39 is 0 Å².